The minimum atomic E-state index is -0.364. The predicted octanol–water partition coefficient (Wildman–Crippen LogP) is 3.95. The van der Waals surface area contributed by atoms with Crippen molar-refractivity contribution in [2.24, 2.45) is 5.92 Å². The summed E-state index contributed by atoms with van der Waals surface area (Å²) in [5.41, 5.74) is 1.69. The number of carbonyl (C=O) groups excluding carboxylic acids is 2. The fourth-order valence-electron chi connectivity index (χ4n) is 3.70. The fraction of sp³-hybridized carbons (Fsp3) is 0.632. The van der Waals surface area contributed by atoms with Crippen molar-refractivity contribution in [2.45, 2.75) is 64.2 Å². The van der Waals surface area contributed by atoms with E-state index in [0.29, 0.717) is 10.6 Å². The topological polar surface area (TPSA) is 79.2 Å². The van der Waals surface area contributed by atoms with Gasteiger partial charge in [0, 0.05) is 4.88 Å². The molecule has 1 amide bonds. The molecule has 1 fully saturated rings. The summed E-state index contributed by atoms with van der Waals surface area (Å²) < 4.78 is 5.18. The summed E-state index contributed by atoms with van der Waals surface area (Å²) in [4.78, 5) is 25.4. The molecule has 1 saturated carbocycles. The van der Waals surface area contributed by atoms with Crippen molar-refractivity contribution in [3.05, 3.63) is 16.0 Å². The smallest absolute Gasteiger partial charge is 0.309 e. The number of rotatable bonds is 4. The molecule has 134 valence electrons. The molecule has 2 aliphatic carbocycles. The van der Waals surface area contributed by atoms with Crippen molar-refractivity contribution in [2.75, 3.05) is 11.9 Å². The van der Waals surface area contributed by atoms with Gasteiger partial charge in [0.1, 0.15) is 11.1 Å². The highest BCUT2D eigenvalue weighted by Crippen LogP contribution is 2.37. The van der Waals surface area contributed by atoms with Gasteiger partial charge in [-0.25, -0.2) is 0 Å². The number of amides is 1. The Kier molecular flexibility index (Phi) is 6.09. The van der Waals surface area contributed by atoms with Gasteiger partial charge < -0.3 is 10.1 Å². The first-order valence-electron chi connectivity index (χ1n) is 9.20. The number of ether oxygens (including phenoxy) is 1. The second kappa shape index (κ2) is 8.48. The average molecular weight is 360 g/mol. The van der Waals surface area contributed by atoms with E-state index in [1.165, 1.54) is 29.1 Å². The molecule has 0 saturated heterocycles. The highest BCUT2D eigenvalue weighted by molar-refractivity contribution is 7.16. The number of thiophene rings is 1. The average Bonchev–Trinajstić information content (AvgIpc) is 2.79. The number of hydrogen-bond acceptors (Lipinski definition) is 5. The lowest BCUT2D eigenvalue weighted by Gasteiger charge is -2.19. The molecule has 1 aromatic heterocycles. The maximum absolute atomic E-state index is 12.2. The largest absolute Gasteiger partial charge is 0.455 e. The predicted molar refractivity (Wildman–Crippen MR) is 96.5 cm³/mol. The van der Waals surface area contributed by atoms with Gasteiger partial charge in [-0.1, -0.05) is 25.7 Å². The summed E-state index contributed by atoms with van der Waals surface area (Å²) in [6.45, 7) is -0.275. The van der Waals surface area contributed by atoms with Crippen LogP contribution in [-0.2, 0) is 27.2 Å². The van der Waals surface area contributed by atoms with Gasteiger partial charge in [0.25, 0.3) is 5.91 Å². The van der Waals surface area contributed by atoms with Crippen molar-refractivity contribution in [3.63, 3.8) is 0 Å². The molecule has 5 nitrogen and oxygen atoms in total. The van der Waals surface area contributed by atoms with E-state index < -0.39 is 0 Å². The van der Waals surface area contributed by atoms with Crippen LogP contribution in [0.5, 0.6) is 0 Å². The Bertz CT molecular complexity index is 684. The van der Waals surface area contributed by atoms with E-state index in [-0.39, 0.29) is 24.4 Å². The maximum Gasteiger partial charge on any atom is 0.309 e. The van der Waals surface area contributed by atoms with E-state index in [4.69, 9.17) is 4.74 Å². The van der Waals surface area contributed by atoms with Gasteiger partial charge in [0.05, 0.1) is 11.5 Å². The normalized spacial score (nSPS) is 17.9. The quantitative estimate of drug-likeness (QED) is 0.651. The van der Waals surface area contributed by atoms with Gasteiger partial charge in [0.2, 0.25) is 0 Å². The first kappa shape index (κ1) is 17.9. The monoisotopic (exact) mass is 360 g/mol. The molecular formula is C19H24N2O3S. The van der Waals surface area contributed by atoms with Crippen LogP contribution in [0.2, 0.25) is 0 Å². The number of esters is 1. The third-order valence-electron chi connectivity index (χ3n) is 5.07. The number of carbonyl (C=O) groups is 2. The summed E-state index contributed by atoms with van der Waals surface area (Å²) in [5, 5.41) is 12.9. The Morgan fingerprint density at radius 2 is 1.84 bits per heavy atom. The third-order valence-corrected chi connectivity index (χ3v) is 6.28. The zero-order valence-corrected chi connectivity index (χ0v) is 15.3. The van der Waals surface area contributed by atoms with Crippen LogP contribution in [0, 0.1) is 17.2 Å². The minimum absolute atomic E-state index is 0.0611. The fourth-order valence-corrected chi connectivity index (χ4v) is 4.96. The van der Waals surface area contributed by atoms with Crippen LogP contribution >= 0.6 is 11.3 Å². The Labute approximate surface area is 152 Å². The first-order valence-corrected chi connectivity index (χ1v) is 10.0. The van der Waals surface area contributed by atoms with Gasteiger partial charge in [-0.15, -0.1) is 11.3 Å². The van der Waals surface area contributed by atoms with E-state index in [0.717, 1.165) is 56.9 Å². The van der Waals surface area contributed by atoms with E-state index >= 15 is 0 Å². The van der Waals surface area contributed by atoms with E-state index in [1.54, 1.807) is 0 Å². The maximum atomic E-state index is 12.2. The number of nitriles is 1. The van der Waals surface area contributed by atoms with E-state index in [1.807, 2.05) is 0 Å². The molecule has 0 spiro atoms. The van der Waals surface area contributed by atoms with Crippen LogP contribution < -0.4 is 5.32 Å². The molecule has 1 N–H and O–H groups in total. The molecule has 25 heavy (non-hydrogen) atoms. The number of hydrogen-bond donors (Lipinski definition) is 1. The molecular weight excluding hydrogens is 336 g/mol. The number of fused-ring (bicyclic) bond motifs is 1. The van der Waals surface area contributed by atoms with Gasteiger partial charge in [-0.3, -0.25) is 9.59 Å². The summed E-state index contributed by atoms with van der Waals surface area (Å²) in [6.07, 6.45) is 10.3. The van der Waals surface area contributed by atoms with Gasteiger partial charge in [0.15, 0.2) is 6.61 Å². The van der Waals surface area contributed by atoms with Crippen LogP contribution in [-0.4, -0.2) is 18.5 Å². The lowest BCUT2D eigenvalue weighted by Crippen LogP contribution is -2.26. The van der Waals surface area contributed by atoms with Crippen LogP contribution in [0.25, 0.3) is 0 Å². The second-order valence-electron chi connectivity index (χ2n) is 6.87. The molecule has 0 radical (unpaired) electrons. The zero-order chi connectivity index (χ0) is 17.6. The molecule has 2 aliphatic rings. The van der Waals surface area contributed by atoms with E-state index in [9.17, 15) is 14.9 Å². The lowest BCUT2D eigenvalue weighted by atomic mass is 9.89. The molecule has 0 unspecified atom stereocenters. The Balaban J connectivity index is 1.57. The summed E-state index contributed by atoms with van der Waals surface area (Å²) in [7, 11) is 0. The van der Waals surface area contributed by atoms with Gasteiger partial charge in [-0.2, -0.15) is 5.26 Å². The summed E-state index contributed by atoms with van der Waals surface area (Å²) in [6, 6.07) is 2.24. The Morgan fingerprint density at radius 3 is 2.60 bits per heavy atom. The van der Waals surface area contributed by atoms with Crippen molar-refractivity contribution < 1.29 is 14.3 Å². The highest BCUT2D eigenvalue weighted by atomic mass is 32.1. The summed E-state index contributed by atoms with van der Waals surface area (Å²) in [5.74, 6) is -0.691. The zero-order valence-electron chi connectivity index (χ0n) is 14.4. The van der Waals surface area contributed by atoms with Crippen LogP contribution in [0.3, 0.4) is 0 Å². The lowest BCUT2D eigenvalue weighted by molar-refractivity contribution is -0.152. The molecule has 6 heteroatoms. The molecule has 0 bridgehead atoms. The van der Waals surface area contributed by atoms with Crippen molar-refractivity contribution >= 4 is 28.2 Å². The highest BCUT2D eigenvalue weighted by Gasteiger charge is 2.24. The standard InChI is InChI=1S/C19H24N2O3S/c20-11-15-14-9-5-2-6-10-16(14)25-18(15)21-17(22)12-24-19(23)13-7-3-1-4-8-13/h13H,1-10,12H2,(H,21,22). The van der Waals surface area contributed by atoms with Crippen LogP contribution in [0.15, 0.2) is 0 Å². The van der Waals surface area contributed by atoms with Crippen LogP contribution in [0.1, 0.15) is 67.4 Å². The molecule has 1 heterocycles. The third kappa shape index (κ3) is 4.40. The Hall–Kier alpha value is -1.87. The number of nitrogens with one attached hydrogen (secondary N) is 1. The SMILES string of the molecule is N#Cc1c(NC(=O)COC(=O)C2CCCCC2)sc2c1CCCCC2. The number of aryl methyl sites for hydroxylation is 1. The Morgan fingerprint density at radius 1 is 1.12 bits per heavy atom. The number of anilines is 1. The van der Waals surface area contributed by atoms with Gasteiger partial charge in [-0.05, 0) is 44.1 Å². The molecule has 0 atom stereocenters. The van der Waals surface area contributed by atoms with Crippen molar-refractivity contribution in [3.8, 4) is 6.07 Å². The van der Waals surface area contributed by atoms with Crippen molar-refractivity contribution in [1.82, 2.24) is 0 Å². The summed E-state index contributed by atoms with van der Waals surface area (Å²) >= 11 is 1.50. The minimum Gasteiger partial charge on any atom is -0.455 e. The number of nitrogens with zero attached hydrogens (tertiary/aromatic N) is 1. The van der Waals surface area contributed by atoms with Gasteiger partial charge >= 0.3 is 5.97 Å². The van der Waals surface area contributed by atoms with Crippen molar-refractivity contribution in [1.29, 1.82) is 5.26 Å². The molecule has 3 rings (SSSR count). The molecule has 0 aromatic carbocycles. The first-order chi connectivity index (χ1) is 12.2. The van der Waals surface area contributed by atoms with Crippen LogP contribution in [0.4, 0.5) is 5.00 Å². The molecule has 0 aliphatic heterocycles. The van der Waals surface area contributed by atoms with E-state index in [2.05, 4.69) is 11.4 Å². The molecule has 1 aromatic rings. The second-order valence-corrected chi connectivity index (χ2v) is 7.98.